The van der Waals surface area contributed by atoms with E-state index in [0.717, 1.165) is 28.9 Å². The maximum absolute atomic E-state index is 7.60. The number of anilines is 3. The van der Waals surface area contributed by atoms with Crippen LogP contribution in [0.5, 0.6) is 5.75 Å². The van der Waals surface area contributed by atoms with Crippen LogP contribution in [0.4, 0.5) is 17.2 Å². The van der Waals surface area contributed by atoms with E-state index in [9.17, 15) is 0 Å². The number of halogens is 1. The lowest BCUT2D eigenvalue weighted by Crippen LogP contribution is -2.09. The van der Waals surface area contributed by atoms with Crippen molar-refractivity contribution < 1.29 is 4.74 Å². The molecule has 0 saturated heterocycles. The highest BCUT2D eigenvalue weighted by Crippen LogP contribution is 2.41. The topological polar surface area (TPSA) is 96.9 Å². The Morgan fingerprint density at radius 2 is 2.29 bits per heavy atom. The second-order valence-corrected chi connectivity index (χ2v) is 8.50. The summed E-state index contributed by atoms with van der Waals surface area (Å²) >= 11 is 7.55. The van der Waals surface area contributed by atoms with Crippen molar-refractivity contribution in [1.29, 1.82) is 5.41 Å². The van der Waals surface area contributed by atoms with Gasteiger partial charge >= 0.3 is 0 Å². The lowest BCUT2D eigenvalue weighted by molar-refractivity contribution is 0.344. The van der Waals surface area contributed by atoms with Crippen molar-refractivity contribution >= 4 is 56.6 Å². The van der Waals surface area contributed by atoms with Gasteiger partial charge in [-0.05, 0) is 36.8 Å². The van der Waals surface area contributed by atoms with Crippen molar-refractivity contribution in [2.75, 3.05) is 23.5 Å². The van der Waals surface area contributed by atoms with Gasteiger partial charge in [0.25, 0.3) is 0 Å². The van der Waals surface area contributed by atoms with Gasteiger partial charge in [-0.25, -0.2) is 9.97 Å². The number of nitrogen functional groups attached to an aromatic ring is 1. The molecule has 1 aromatic carbocycles. The average molecular weight is 416 g/mol. The molecule has 4 N–H and O–H groups in total. The number of nitrogens with zero attached hydrogens (tertiary/aromatic N) is 2. The minimum absolute atomic E-state index is 0.366. The van der Waals surface area contributed by atoms with E-state index in [1.807, 2.05) is 0 Å². The zero-order chi connectivity index (χ0) is 19.7. The van der Waals surface area contributed by atoms with E-state index in [1.165, 1.54) is 23.1 Å². The molecular weight excluding hydrogens is 394 g/mol. The van der Waals surface area contributed by atoms with Crippen LogP contribution in [0.1, 0.15) is 29.3 Å². The van der Waals surface area contributed by atoms with Crippen LogP contribution < -0.4 is 15.8 Å². The first-order valence-electron chi connectivity index (χ1n) is 9.25. The van der Waals surface area contributed by atoms with E-state index in [4.69, 9.17) is 27.5 Å². The Bertz CT molecular complexity index is 1040. The first-order chi connectivity index (χ1) is 13.6. The summed E-state index contributed by atoms with van der Waals surface area (Å²) in [6, 6.07) is 3.53. The van der Waals surface area contributed by atoms with Gasteiger partial charge in [-0.15, -0.1) is 22.9 Å². The summed E-state index contributed by atoms with van der Waals surface area (Å²) in [5.74, 6) is 2.43. The summed E-state index contributed by atoms with van der Waals surface area (Å²) in [5, 5.41) is 12.1. The molecule has 1 aliphatic rings. The van der Waals surface area contributed by atoms with Crippen molar-refractivity contribution in [2.24, 2.45) is 5.92 Å². The number of benzene rings is 1. The Morgan fingerprint density at radius 3 is 3.07 bits per heavy atom. The van der Waals surface area contributed by atoms with Crippen LogP contribution >= 0.6 is 22.9 Å². The van der Waals surface area contributed by atoms with Gasteiger partial charge in [-0.3, -0.25) is 0 Å². The summed E-state index contributed by atoms with van der Waals surface area (Å²) in [5.41, 5.74) is 9.20. The van der Waals surface area contributed by atoms with Crippen LogP contribution in [-0.2, 0) is 12.8 Å². The fourth-order valence-electron chi connectivity index (χ4n) is 3.60. The molecule has 8 heteroatoms. The molecule has 2 heterocycles. The second-order valence-electron chi connectivity index (χ2n) is 7.04. The van der Waals surface area contributed by atoms with Crippen molar-refractivity contribution in [2.45, 2.75) is 26.2 Å². The standard InChI is InChI=1S/C20H22ClN5OS/c1-11-2-3-13-17(6-11)28-20-18(13)19(24-10-25-20)26-15-7-12(9-22)14(23)8-16(15)27-5-4-21/h7-11,22H,2-6,23H2,1H3,(H,24,25,26). The van der Waals surface area contributed by atoms with Crippen LogP contribution in [0.2, 0.25) is 0 Å². The number of thiophene rings is 1. The van der Waals surface area contributed by atoms with E-state index in [-0.39, 0.29) is 0 Å². The minimum atomic E-state index is 0.366. The molecule has 0 radical (unpaired) electrons. The van der Waals surface area contributed by atoms with E-state index < -0.39 is 0 Å². The Labute approximate surface area is 172 Å². The summed E-state index contributed by atoms with van der Waals surface area (Å²) < 4.78 is 5.77. The number of alkyl halides is 1. The summed E-state index contributed by atoms with van der Waals surface area (Å²) in [4.78, 5) is 11.4. The molecule has 3 aromatic rings. The number of nitrogens with one attached hydrogen (secondary N) is 2. The number of hydrogen-bond acceptors (Lipinski definition) is 7. The van der Waals surface area contributed by atoms with Gasteiger partial charge in [0.05, 0.1) is 17.0 Å². The maximum atomic E-state index is 7.60. The van der Waals surface area contributed by atoms with E-state index in [1.54, 1.807) is 29.8 Å². The van der Waals surface area contributed by atoms with Gasteiger partial charge in [0.2, 0.25) is 0 Å². The normalized spacial score (nSPS) is 16.0. The zero-order valence-electron chi connectivity index (χ0n) is 15.6. The quantitative estimate of drug-likeness (QED) is 0.306. The number of ether oxygens (including phenoxy) is 1. The Hall–Kier alpha value is -2.38. The molecule has 0 fully saturated rings. The molecule has 0 aliphatic heterocycles. The van der Waals surface area contributed by atoms with Crippen molar-refractivity contribution in [1.82, 2.24) is 9.97 Å². The number of fused-ring (bicyclic) bond motifs is 3. The molecule has 0 amide bonds. The highest BCUT2D eigenvalue weighted by Gasteiger charge is 2.23. The molecule has 6 nitrogen and oxygen atoms in total. The smallest absolute Gasteiger partial charge is 0.144 e. The Morgan fingerprint density at radius 1 is 1.43 bits per heavy atom. The highest BCUT2D eigenvalue weighted by atomic mass is 35.5. The lowest BCUT2D eigenvalue weighted by Gasteiger charge is -2.19. The third-order valence-corrected chi connectivity index (χ3v) is 6.34. The summed E-state index contributed by atoms with van der Waals surface area (Å²) in [6.45, 7) is 2.66. The van der Waals surface area contributed by atoms with E-state index >= 15 is 0 Å². The molecule has 0 bridgehead atoms. The van der Waals surface area contributed by atoms with E-state index in [0.29, 0.717) is 41.1 Å². The summed E-state index contributed by atoms with van der Waals surface area (Å²) in [6.07, 6.45) is 6.14. The van der Waals surface area contributed by atoms with Gasteiger partial charge in [-0.1, -0.05) is 6.92 Å². The summed E-state index contributed by atoms with van der Waals surface area (Å²) in [7, 11) is 0. The highest BCUT2D eigenvalue weighted by molar-refractivity contribution is 7.19. The van der Waals surface area contributed by atoms with Gasteiger partial charge in [0, 0.05) is 28.4 Å². The molecule has 1 unspecified atom stereocenters. The minimum Gasteiger partial charge on any atom is -0.490 e. The molecule has 1 aliphatic carbocycles. The van der Waals surface area contributed by atoms with Crippen LogP contribution in [0.3, 0.4) is 0 Å². The first kappa shape index (κ1) is 19.0. The van der Waals surface area contributed by atoms with Crippen molar-refractivity contribution in [3.63, 3.8) is 0 Å². The fraction of sp³-hybridized carbons (Fsp3) is 0.350. The van der Waals surface area contributed by atoms with Crippen molar-refractivity contribution in [3.8, 4) is 5.75 Å². The number of rotatable bonds is 6. The molecule has 1 atom stereocenters. The first-order valence-corrected chi connectivity index (χ1v) is 10.6. The number of aromatic nitrogens is 2. The fourth-order valence-corrected chi connectivity index (χ4v) is 5.03. The SMILES string of the molecule is CC1CCc2c(sc3ncnc(Nc4cc(C=N)c(N)cc4OCCCl)c23)C1. The largest absolute Gasteiger partial charge is 0.490 e. The third-order valence-electron chi connectivity index (χ3n) is 5.02. The maximum Gasteiger partial charge on any atom is 0.144 e. The molecule has 0 spiro atoms. The van der Waals surface area contributed by atoms with E-state index in [2.05, 4.69) is 22.2 Å². The van der Waals surface area contributed by atoms with Crippen LogP contribution in [0.25, 0.3) is 10.2 Å². The second kappa shape index (κ2) is 7.93. The Kier molecular flexibility index (Phi) is 5.37. The molecule has 2 aromatic heterocycles. The zero-order valence-corrected chi connectivity index (χ0v) is 17.2. The number of hydrogen-bond donors (Lipinski definition) is 3. The third kappa shape index (κ3) is 3.52. The Balaban J connectivity index is 1.79. The average Bonchev–Trinajstić information content (AvgIpc) is 3.06. The molecule has 4 rings (SSSR count). The predicted octanol–water partition coefficient (Wildman–Crippen LogP) is 4.76. The van der Waals surface area contributed by atoms with Crippen molar-refractivity contribution in [3.05, 3.63) is 34.5 Å². The number of aryl methyl sites for hydroxylation is 1. The predicted molar refractivity (Wildman–Crippen MR) is 117 cm³/mol. The number of nitrogens with two attached hydrogens (primary N) is 1. The van der Waals surface area contributed by atoms with Crippen LogP contribution in [-0.4, -0.2) is 28.7 Å². The molecule has 146 valence electrons. The molecular formula is C20H22ClN5OS. The lowest BCUT2D eigenvalue weighted by atomic mass is 9.89. The van der Waals surface area contributed by atoms with Gasteiger partial charge in [-0.2, -0.15) is 0 Å². The monoisotopic (exact) mass is 415 g/mol. The molecule has 28 heavy (non-hydrogen) atoms. The van der Waals surface area contributed by atoms with Gasteiger partial charge < -0.3 is 21.2 Å². The van der Waals surface area contributed by atoms with Gasteiger partial charge in [0.1, 0.15) is 29.3 Å². The van der Waals surface area contributed by atoms with Gasteiger partial charge in [0.15, 0.2) is 0 Å². The van der Waals surface area contributed by atoms with Crippen LogP contribution in [0.15, 0.2) is 18.5 Å². The molecule has 0 saturated carbocycles. The van der Waals surface area contributed by atoms with Crippen LogP contribution in [0, 0.1) is 11.3 Å².